The highest BCUT2D eigenvalue weighted by molar-refractivity contribution is 6.00. The van der Waals surface area contributed by atoms with Gasteiger partial charge in [0.05, 0.1) is 18.8 Å². The Morgan fingerprint density at radius 1 is 1.12 bits per heavy atom. The van der Waals surface area contributed by atoms with Gasteiger partial charge in [-0.15, -0.1) is 0 Å². The molecule has 2 unspecified atom stereocenters. The average molecular weight is 452 g/mol. The second kappa shape index (κ2) is 10.7. The molecule has 2 aromatic carbocycles. The summed E-state index contributed by atoms with van der Waals surface area (Å²) < 4.78 is 11.0. The van der Waals surface area contributed by atoms with Crippen molar-refractivity contribution in [3.63, 3.8) is 0 Å². The van der Waals surface area contributed by atoms with E-state index in [0.717, 1.165) is 24.5 Å². The minimum absolute atomic E-state index is 0.0602. The molecule has 7 nitrogen and oxygen atoms in total. The van der Waals surface area contributed by atoms with Gasteiger partial charge in [0.2, 0.25) is 5.91 Å². The largest absolute Gasteiger partial charge is 0.497 e. The Morgan fingerprint density at radius 3 is 2.58 bits per heavy atom. The van der Waals surface area contributed by atoms with E-state index >= 15 is 0 Å². The van der Waals surface area contributed by atoms with Crippen molar-refractivity contribution in [2.45, 2.75) is 44.8 Å². The first-order chi connectivity index (χ1) is 16.1. The molecule has 2 aliphatic rings. The molecule has 0 spiro atoms. The molecule has 0 saturated carbocycles. The molecule has 2 atom stereocenters. The van der Waals surface area contributed by atoms with Crippen molar-refractivity contribution >= 4 is 17.5 Å². The number of ether oxygens (including phenoxy) is 2. The van der Waals surface area contributed by atoms with Gasteiger partial charge in [-0.25, -0.2) is 0 Å². The maximum Gasteiger partial charge on any atom is 0.267 e. The van der Waals surface area contributed by atoms with Crippen LogP contribution >= 0.6 is 0 Å². The highest BCUT2D eigenvalue weighted by atomic mass is 16.5. The number of hydrogen-bond donors (Lipinski definition) is 1. The molecule has 2 heterocycles. The van der Waals surface area contributed by atoms with E-state index in [1.807, 2.05) is 36.4 Å². The van der Waals surface area contributed by atoms with Gasteiger partial charge in [-0.1, -0.05) is 30.7 Å². The lowest BCUT2D eigenvalue weighted by atomic mass is 10.0. The molecular formula is C26H33N3O4. The normalized spacial score (nSPS) is 19.4. The fourth-order valence-electron chi connectivity index (χ4n) is 4.62. The van der Waals surface area contributed by atoms with Gasteiger partial charge < -0.3 is 19.7 Å². The van der Waals surface area contributed by atoms with Crippen molar-refractivity contribution in [3.05, 3.63) is 54.1 Å². The fourth-order valence-corrected chi connectivity index (χ4v) is 4.62. The first kappa shape index (κ1) is 23.1. The summed E-state index contributed by atoms with van der Waals surface area (Å²) in [7, 11) is 1.66. The number of nitrogens with zero attached hydrogens (tertiary/aromatic N) is 2. The Labute approximate surface area is 195 Å². The van der Waals surface area contributed by atoms with Crippen molar-refractivity contribution in [1.82, 2.24) is 10.2 Å². The van der Waals surface area contributed by atoms with Gasteiger partial charge in [0.25, 0.3) is 5.91 Å². The molecule has 0 radical (unpaired) electrons. The van der Waals surface area contributed by atoms with E-state index in [-0.39, 0.29) is 24.3 Å². The van der Waals surface area contributed by atoms with E-state index in [9.17, 15) is 9.59 Å². The van der Waals surface area contributed by atoms with Gasteiger partial charge in [0.1, 0.15) is 11.5 Å². The van der Waals surface area contributed by atoms with Crippen LogP contribution in [0.25, 0.3) is 0 Å². The molecule has 1 saturated heterocycles. The van der Waals surface area contributed by atoms with Crippen molar-refractivity contribution in [3.8, 4) is 11.5 Å². The summed E-state index contributed by atoms with van der Waals surface area (Å²) in [6, 6.07) is 15.7. The number of para-hydroxylation sites is 2. The second-order valence-corrected chi connectivity index (χ2v) is 8.66. The topological polar surface area (TPSA) is 71.1 Å². The second-order valence-electron chi connectivity index (χ2n) is 8.66. The highest BCUT2D eigenvalue weighted by Crippen LogP contribution is 2.33. The zero-order valence-corrected chi connectivity index (χ0v) is 19.5. The number of anilines is 1. The van der Waals surface area contributed by atoms with Crippen LogP contribution in [0.5, 0.6) is 11.5 Å². The average Bonchev–Trinajstić information content (AvgIpc) is 2.85. The van der Waals surface area contributed by atoms with Crippen LogP contribution in [0.3, 0.4) is 0 Å². The number of hydrogen-bond acceptors (Lipinski definition) is 5. The van der Waals surface area contributed by atoms with E-state index in [1.165, 1.54) is 24.8 Å². The van der Waals surface area contributed by atoms with Gasteiger partial charge in [0, 0.05) is 19.5 Å². The summed E-state index contributed by atoms with van der Waals surface area (Å²) in [5, 5.41) is 3.12. The lowest BCUT2D eigenvalue weighted by molar-refractivity contribution is -0.125. The third-order valence-electron chi connectivity index (χ3n) is 6.46. The molecule has 176 valence electrons. The van der Waals surface area contributed by atoms with Crippen LogP contribution in [-0.2, 0) is 9.59 Å². The van der Waals surface area contributed by atoms with E-state index in [1.54, 1.807) is 18.9 Å². The quantitative estimate of drug-likeness (QED) is 0.665. The van der Waals surface area contributed by atoms with Gasteiger partial charge >= 0.3 is 0 Å². The summed E-state index contributed by atoms with van der Waals surface area (Å²) in [5.74, 6) is 1.32. The molecule has 0 bridgehead atoms. The third kappa shape index (κ3) is 5.47. The van der Waals surface area contributed by atoms with Crippen molar-refractivity contribution in [2.24, 2.45) is 0 Å². The monoisotopic (exact) mass is 451 g/mol. The predicted molar refractivity (Wildman–Crippen MR) is 128 cm³/mol. The molecule has 2 aromatic rings. The lowest BCUT2D eigenvalue weighted by Crippen LogP contribution is -2.46. The maximum absolute atomic E-state index is 12.8. The van der Waals surface area contributed by atoms with Crippen LogP contribution in [0.4, 0.5) is 5.69 Å². The predicted octanol–water partition coefficient (Wildman–Crippen LogP) is 3.54. The van der Waals surface area contributed by atoms with Gasteiger partial charge in [-0.05, 0) is 62.7 Å². The summed E-state index contributed by atoms with van der Waals surface area (Å²) in [6.07, 6.45) is 3.30. The zero-order valence-electron chi connectivity index (χ0n) is 19.5. The van der Waals surface area contributed by atoms with Crippen molar-refractivity contribution < 1.29 is 19.1 Å². The number of likely N-dealkylation sites (tertiary alicyclic amines) is 1. The standard InChI is InChI=1S/C26H33N3O4/c1-19-26(31)29(22-8-4-5-9-24(22)33-19)17-14-25(30)27-18-23(28-15-6-3-7-16-28)20-10-12-21(32-2)13-11-20/h4-5,8-13,19,23H,3,6-7,14-18H2,1-2H3,(H,27,30). The number of methoxy groups -OCH3 is 1. The van der Waals surface area contributed by atoms with Crippen LogP contribution in [0.15, 0.2) is 48.5 Å². The van der Waals surface area contributed by atoms with Crippen LogP contribution in [-0.4, -0.2) is 56.1 Å². The van der Waals surface area contributed by atoms with E-state index in [2.05, 4.69) is 22.3 Å². The summed E-state index contributed by atoms with van der Waals surface area (Å²) >= 11 is 0. The Hall–Kier alpha value is -3.06. The van der Waals surface area contributed by atoms with E-state index in [4.69, 9.17) is 9.47 Å². The van der Waals surface area contributed by atoms with E-state index < -0.39 is 6.10 Å². The van der Waals surface area contributed by atoms with Gasteiger partial charge in [-0.2, -0.15) is 0 Å². The zero-order chi connectivity index (χ0) is 23.2. The first-order valence-electron chi connectivity index (χ1n) is 11.8. The third-order valence-corrected chi connectivity index (χ3v) is 6.46. The van der Waals surface area contributed by atoms with E-state index in [0.29, 0.717) is 18.8 Å². The molecule has 0 aliphatic carbocycles. The minimum Gasteiger partial charge on any atom is -0.497 e. The minimum atomic E-state index is -0.554. The van der Waals surface area contributed by atoms with Crippen LogP contribution < -0.4 is 19.7 Å². The summed E-state index contributed by atoms with van der Waals surface area (Å²) in [5.41, 5.74) is 1.89. The smallest absolute Gasteiger partial charge is 0.267 e. The molecule has 4 rings (SSSR count). The highest BCUT2D eigenvalue weighted by Gasteiger charge is 2.31. The first-order valence-corrected chi connectivity index (χ1v) is 11.8. The molecule has 2 aliphatic heterocycles. The Bertz CT molecular complexity index is 956. The molecule has 1 N–H and O–H groups in total. The molecule has 7 heteroatoms. The maximum atomic E-state index is 12.8. The number of nitrogens with one attached hydrogen (secondary N) is 1. The molecular weight excluding hydrogens is 418 g/mol. The molecule has 1 fully saturated rings. The number of fused-ring (bicyclic) bond motifs is 1. The molecule has 0 aromatic heterocycles. The Kier molecular flexibility index (Phi) is 7.50. The van der Waals surface area contributed by atoms with Crippen LogP contribution in [0.1, 0.15) is 44.2 Å². The number of piperidine rings is 1. The van der Waals surface area contributed by atoms with Crippen molar-refractivity contribution in [2.75, 3.05) is 38.2 Å². The Balaban J connectivity index is 1.38. The molecule has 33 heavy (non-hydrogen) atoms. The number of carbonyl (C=O) groups is 2. The lowest BCUT2D eigenvalue weighted by Gasteiger charge is -2.35. The fraction of sp³-hybridized carbons (Fsp3) is 0.462. The van der Waals surface area contributed by atoms with Gasteiger partial charge in [-0.3, -0.25) is 14.5 Å². The summed E-state index contributed by atoms with van der Waals surface area (Å²) in [4.78, 5) is 29.6. The summed E-state index contributed by atoms with van der Waals surface area (Å²) in [6.45, 7) is 4.66. The SMILES string of the molecule is COc1ccc(C(CNC(=O)CCN2C(=O)C(C)Oc3ccccc32)N2CCCCC2)cc1. The Morgan fingerprint density at radius 2 is 1.85 bits per heavy atom. The molecule has 2 amide bonds. The van der Waals surface area contributed by atoms with Crippen LogP contribution in [0, 0.1) is 0 Å². The number of rotatable bonds is 8. The van der Waals surface area contributed by atoms with Crippen molar-refractivity contribution in [1.29, 1.82) is 0 Å². The number of amides is 2. The number of benzene rings is 2. The van der Waals surface area contributed by atoms with Crippen LogP contribution in [0.2, 0.25) is 0 Å². The number of carbonyl (C=O) groups excluding carboxylic acids is 2. The van der Waals surface area contributed by atoms with Gasteiger partial charge in [0.15, 0.2) is 6.10 Å².